The van der Waals surface area contributed by atoms with E-state index in [9.17, 15) is 4.79 Å². The van der Waals surface area contributed by atoms with Crippen LogP contribution in [0.4, 0.5) is 5.69 Å². The van der Waals surface area contributed by atoms with Crippen LogP contribution in [0.3, 0.4) is 0 Å². The van der Waals surface area contributed by atoms with Crippen molar-refractivity contribution in [2.75, 3.05) is 12.3 Å². The highest BCUT2D eigenvalue weighted by Crippen LogP contribution is 2.31. The van der Waals surface area contributed by atoms with E-state index in [1.807, 2.05) is 0 Å². The second-order valence-corrected chi connectivity index (χ2v) is 4.99. The van der Waals surface area contributed by atoms with E-state index in [4.69, 9.17) is 21.3 Å². The number of carbonyl (C=O) groups is 1. The van der Waals surface area contributed by atoms with Gasteiger partial charge in [-0.15, -0.1) is 0 Å². The molecule has 0 radical (unpaired) electrons. The van der Waals surface area contributed by atoms with Crippen molar-refractivity contribution in [3.63, 3.8) is 0 Å². The van der Waals surface area contributed by atoms with Crippen molar-refractivity contribution in [3.8, 4) is 5.75 Å². The van der Waals surface area contributed by atoms with Crippen molar-refractivity contribution in [2.24, 2.45) is 11.7 Å². The molecule has 0 bridgehead atoms. The Labute approximate surface area is 112 Å². The van der Waals surface area contributed by atoms with Crippen LogP contribution in [-0.4, -0.2) is 23.7 Å². The lowest BCUT2D eigenvalue weighted by Crippen LogP contribution is -2.35. The Kier molecular flexibility index (Phi) is 4.27. The Balaban J connectivity index is 2.11. The Hall–Kier alpha value is -1.75. The van der Waals surface area contributed by atoms with Gasteiger partial charge >= 0.3 is 5.97 Å². The van der Waals surface area contributed by atoms with Crippen LogP contribution in [0, 0.1) is 5.92 Å². The molecule has 5 N–H and O–H groups in total. The van der Waals surface area contributed by atoms with E-state index in [1.165, 1.54) is 18.6 Å². The molecule has 0 amide bonds. The summed E-state index contributed by atoms with van der Waals surface area (Å²) in [6.07, 6.45) is 4.46. The van der Waals surface area contributed by atoms with E-state index in [1.54, 1.807) is 6.07 Å². The molecule has 1 fully saturated rings. The first-order valence-corrected chi connectivity index (χ1v) is 6.61. The summed E-state index contributed by atoms with van der Waals surface area (Å²) in [5, 5.41) is 8.89. The highest BCUT2D eigenvalue weighted by molar-refractivity contribution is 5.89. The van der Waals surface area contributed by atoms with Gasteiger partial charge in [-0.2, -0.15) is 0 Å². The van der Waals surface area contributed by atoms with Gasteiger partial charge in [-0.25, -0.2) is 4.79 Å². The largest absolute Gasteiger partial charge is 0.488 e. The minimum atomic E-state index is -0.990. The van der Waals surface area contributed by atoms with Crippen molar-refractivity contribution >= 4 is 11.7 Å². The smallest absolute Gasteiger partial charge is 0.335 e. The maximum atomic E-state index is 10.8. The number of ether oxygens (including phenoxy) is 1. The molecule has 19 heavy (non-hydrogen) atoms. The highest BCUT2D eigenvalue weighted by atomic mass is 16.5. The molecule has 0 aromatic heterocycles. The molecule has 0 spiro atoms. The lowest BCUT2D eigenvalue weighted by molar-refractivity contribution is 0.0696. The van der Waals surface area contributed by atoms with Crippen LogP contribution in [0.25, 0.3) is 0 Å². The van der Waals surface area contributed by atoms with Gasteiger partial charge in [0.1, 0.15) is 11.9 Å². The zero-order valence-electron chi connectivity index (χ0n) is 10.8. The first-order chi connectivity index (χ1) is 9.11. The first kappa shape index (κ1) is 13.7. The second kappa shape index (κ2) is 5.93. The normalized spacial score (nSPS) is 23.0. The molecule has 1 aromatic carbocycles. The maximum Gasteiger partial charge on any atom is 0.335 e. The third kappa shape index (κ3) is 3.17. The van der Waals surface area contributed by atoms with E-state index in [0.717, 1.165) is 19.3 Å². The van der Waals surface area contributed by atoms with Crippen LogP contribution in [0.2, 0.25) is 0 Å². The van der Waals surface area contributed by atoms with Crippen molar-refractivity contribution < 1.29 is 14.6 Å². The summed E-state index contributed by atoms with van der Waals surface area (Å²) in [4.78, 5) is 10.8. The summed E-state index contributed by atoms with van der Waals surface area (Å²) in [7, 11) is 0. The molecule has 2 rings (SSSR count). The molecule has 1 saturated carbocycles. The molecule has 5 nitrogen and oxygen atoms in total. The predicted octanol–water partition coefficient (Wildman–Crippen LogP) is 1.86. The summed E-state index contributed by atoms with van der Waals surface area (Å²) >= 11 is 0. The van der Waals surface area contributed by atoms with Gasteiger partial charge in [0.15, 0.2) is 0 Å². The fourth-order valence-electron chi connectivity index (χ4n) is 2.55. The number of rotatable bonds is 4. The summed E-state index contributed by atoms with van der Waals surface area (Å²) in [5.74, 6) is -0.0848. The number of carboxylic acid groups (broad SMARTS) is 1. The minimum Gasteiger partial charge on any atom is -0.488 e. The van der Waals surface area contributed by atoms with Crippen LogP contribution in [0.5, 0.6) is 5.75 Å². The van der Waals surface area contributed by atoms with Crippen molar-refractivity contribution in [1.29, 1.82) is 0 Å². The van der Waals surface area contributed by atoms with Crippen molar-refractivity contribution in [1.82, 2.24) is 0 Å². The molecule has 2 unspecified atom stereocenters. The molecule has 2 atom stereocenters. The topological polar surface area (TPSA) is 98.6 Å². The standard InChI is InChI=1S/C14H20N2O3/c15-8-10-3-1-2-4-12(10)19-13-6-5-9(14(17)18)7-11(13)16/h5-7,10,12H,1-4,8,15-16H2,(H,17,18). The molecule has 104 valence electrons. The van der Waals surface area contributed by atoms with Gasteiger partial charge in [0.05, 0.1) is 11.3 Å². The van der Waals surface area contributed by atoms with Crippen LogP contribution in [-0.2, 0) is 0 Å². The average Bonchev–Trinajstić information content (AvgIpc) is 2.41. The van der Waals surface area contributed by atoms with E-state index < -0.39 is 5.97 Å². The molecule has 0 heterocycles. The van der Waals surface area contributed by atoms with Crippen LogP contribution in [0.1, 0.15) is 36.0 Å². The molecule has 0 aliphatic heterocycles. The number of nitrogens with two attached hydrogens (primary N) is 2. The van der Waals surface area contributed by atoms with Crippen molar-refractivity contribution in [2.45, 2.75) is 31.8 Å². The quantitative estimate of drug-likeness (QED) is 0.721. The van der Waals surface area contributed by atoms with E-state index in [2.05, 4.69) is 0 Å². The lowest BCUT2D eigenvalue weighted by Gasteiger charge is -2.31. The number of anilines is 1. The fourth-order valence-corrected chi connectivity index (χ4v) is 2.55. The highest BCUT2D eigenvalue weighted by Gasteiger charge is 2.26. The van der Waals surface area contributed by atoms with E-state index in [-0.39, 0.29) is 11.7 Å². The number of hydrogen-bond acceptors (Lipinski definition) is 4. The maximum absolute atomic E-state index is 10.8. The van der Waals surface area contributed by atoms with Crippen molar-refractivity contribution in [3.05, 3.63) is 23.8 Å². The molecule has 1 aliphatic carbocycles. The minimum absolute atomic E-state index is 0.0803. The molecule has 1 aliphatic rings. The molecular formula is C14H20N2O3. The lowest BCUT2D eigenvalue weighted by atomic mass is 9.86. The Bertz CT molecular complexity index is 462. The van der Waals surface area contributed by atoms with Crippen LogP contribution >= 0.6 is 0 Å². The Morgan fingerprint density at radius 1 is 1.37 bits per heavy atom. The number of hydrogen-bond donors (Lipinski definition) is 3. The van der Waals surface area contributed by atoms with Crippen LogP contribution < -0.4 is 16.2 Å². The van der Waals surface area contributed by atoms with Gasteiger partial charge in [0.2, 0.25) is 0 Å². The van der Waals surface area contributed by atoms with Gasteiger partial charge in [-0.3, -0.25) is 0 Å². The fraction of sp³-hybridized carbons (Fsp3) is 0.500. The summed E-state index contributed by atoms with van der Waals surface area (Å²) in [5.41, 5.74) is 12.1. The van der Waals surface area contributed by atoms with E-state index in [0.29, 0.717) is 23.9 Å². The second-order valence-electron chi connectivity index (χ2n) is 4.99. The van der Waals surface area contributed by atoms with Gasteiger partial charge in [0.25, 0.3) is 0 Å². The summed E-state index contributed by atoms with van der Waals surface area (Å²) in [6, 6.07) is 4.56. The SMILES string of the molecule is NCC1CCCCC1Oc1ccc(C(=O)O)cc1N. The van der Waals surface area contributed by atoms with Gasteiger partial charge in [-0.05, 0) is 44.0 Å². The third-order valence-corrected chi connectivity index (χ3v) is 3.68. The number of aromatic carboxylic acids is 1. The molecular weight excluding hydrogens is 244 g/mol. The zero-order chi connectivity index (χ0) is 13.8. The molecule has 0 saturated heterocycles. The predicted molar refractivity (Wildman–Crippen MR) is 73.2 cm³/mol. The Morgan fingerprint density at radius 3 is 2.74 bits per heavy atom. The Morgan fingerprint density at radius 2 is 2.11 bits per heavy atom. The summed E-state index contributed by atoms with van der Waals surface area (Å²) in [6.45, 7) is 0.609. The zero-order valence-corrected chi connectivity index (χ0v) is 10.8. The summed E-state index contributed by atoms with van der Waals surface area (Å²) < 4.78 is 5.93. The van der Waals surface area contributed by atoms with Crippen LogP contribution in [0.15, 0.2) is 18.2 Å². The van der Waals surface area contributed by atoms with Gasteiger partial charge < -0.3 is 21.3 Å². The van der Waals surface area contributed by atoms with E-state index >= 15 is 0 Å². The number of carboxylic acids is 1. The molecule has 1 aromatic rings. The monoisotopic (exact) mass is 264 g/mol. The molecule has 5 heteroatoms. The van der Waals surface area contributed by atoms with Gasteiger partial charge in [-0.1, -0.05) is 6.42 Å². The number of benzene rings is 1. The average molecular weight is 264 g/mol. The first-order valence-electron chi connectivity index (χ1n) is 6.61. The number of nitrogen functional groups attached to an aromatic ring is 1. The van der Waals surface area contributed by atoms with Gasteiger partial charge in [0, 0.05) is 5.92 Å². The third-order valence-electron chi connectivity index (χ3n) is 3.68.